The van der Waals surface area contributed by atoms with Crippen molar-refractivity contribution in [3.05, 3.63) is 24.3 Å². The van der Waals surface area contributed by atoms with Crippen LogP contribution < -0.4 is 11.1 Å². The highest BCUT2D eigenvalue weighted by Gasteiger charge is 2.16. The molecule has 0 aliphatic heterocycles. The van der Waals surface area contributed by atoms with Crippen LogP contribution in [0, 0.1) is 0 Å². The lowest BCUT2D eigenvalue weighted by molar-refractivity contribution is 0.595. The van der Waals surface area contributed by atoms with Gasteiger partial charge in [-0.05, 0) is 37.9 Å². The van der Waals surface area contributed by atoms with Gasteiger partial charge in [0.1, 0.15) is 0 Å². The summed E-state index contributed by atoms with van der Waals surface area (Å²) in [5.74, 6) is 0.197. The fourth-order valence-corrected chi connectivity index (χ4v) is 3.63. The molecule has 0 aromatic heterocycles. The maximum atomic E-state index is 12.2. The van der Waals surface area contributed by atoms with E-state index in [1.807, 2.05) is 19.1 Å². The van der Waals surface area contributed by atoms with Gasteiger partial charge in [0.2, 0.25) is 0 Å². The van der Waals surface area contributed by atoms with Crippen LogP contribution in [-0.4, -0.2) is 27.3 Å². The quantitative estimate of drug-likeness (QED) is 0.652. The first-order valence-corrected chi connectivity index (χ1v) is 9.02. The molecule has 0 atom stereocenters. The van der Waals surface area contributed by atoms with Gasteiger partial charge in [0.25, 0.3) is 0 Å². The lowest BCUT2D eigenvalue weighted by atomic mass is 10.2. The van der Waals surface area contributed by atoms with Crippen molar-refractivity contribution in [2.75, 3.05) is 24.2 Å². The van der Waals surface area contributed by atoms with Crippen LogP contribution in [0.2, 0.25) is 0 Å². The average Bonchev–Trinajstić information content (AvgIpc) is 2.43. The third kappa shape index (κ3) is 5.51. The van der Waals surface area contributed by atoms with E-state index in [1.165, 1.54) is 0 Å². The molecular weight excluding hydrogens is 272 g/mol. The Labute approximate surface area is 122 Å². The molecule has 0 bridgehead atoms. The topological polar surface area (TPSA) is 72.2 Å². The number of nitrogens with one attached hydrogen (secondary N) is 1. The SMILES string of the molecule is CCCS(=O)(=O)c1ccccc1NCCCCCCN. The number of anilines is 1. The minimum Gasteiger partial charge on any atom is -0.384 e. The molecule has 0 amide bonds. The Kier molecular flexibility index (Phi) is 7.62. The monoisotopic (exact) mass is 298 g/mol. The molecule has 0 saturated heterocycles. The summed E-state index contributed by atoms with van der Waals surface area (Å²) in [5, 5.41) is 3.24. The number of benzene rings is 1. The molecular formula is C15H26N2O2S. The fraction of sp³-hybridized carbons (Fsp3) is 0.600. The number of nitrogens with two attached hydrogens (primary N) is 1. The Balaban J connectivity index is 2.58. The molecule has 1 rings (SSSR count). The predicted octanol–water partition coefficient (Wildman–Crippen LogP) is 2.80. The third-order valence-corrected chi connectivity index (χ3v) is 5.11. The molecule has 1 aromatic rings. The summed E-state index contributed by atoms with van der Waals surface area (Å²) in [4.78, 5) is 0.420. The van der Waals surface area contributed by atoms with Crippen molar-refractivity contribution < 1.29 is 8.42 Å². The van der Waals surface area contributed by atoms with E-state index in [4.69, 9.17) is 5.73 Å². The predicted molar refractivity (Wildman–Crippen MR) is 84.8 cm³/mol. The van der Waals surface area contributed by atoms with Gasteiger partial charge in [-0.3, -0.25) is 0 Å². The number of sulfone groups is 1. The first-order valence-electron chi connectivity index (χ1n) is 7.37. The second-order valence-corrected chi connectivity index (χ2v) is 7.02. The van der Waals surface area contributed by atoms with E-state index in [1.54, 1.807) is 12.1 Å². The number of unbranched alkanes of at least 4 members (excludes halogenated alkanes) is 3. The van der Waals surface area contributed by atoms with E-state index in [9.17, 15) is 8.42 Å². The van der Waals surface area contributed by atoms with Crippen molar-refractivity contribution in [1.82, 2.24) is 0 Å². The van der Waals surface area contributed by atoms with E-state index < -0.39 is 9.84 Å². The number of hydrogen-bond donors (Lipinski definition) is 2. The van der Waals surface area contributed by atoms with Crippen LogP contribution >= 0.6 is 0 Å². The van der Waals surface area contributed by atoms with Gasteiger partial charge in [-0.25, -0.2) is 8.42 Å². The minimum atomic E-state index is -3.17. The van der Waals surface area contributed by atoms with E-state index >= 15 is 0 Å². The van der Waals surface area contributed by atoms with Gasteiger partial charge in [-0.2, -0.15) is 0 Å². The van der Waals surface area contributed by atoms with E-state index in [0.29, 0.717) is 11.3 Å². The second-order valence-electron chi connectivity index (χ2n) is 4.94. The molecule has 1 aromatic carbocycles. The summed E-state index contributed by atoms with van der Waals surface area (Å²) in [6, 6.07) is 7.15. The summed E-state index contributed by atoms with van der Waals surface area (Å²) in [6.45, 7) is 3.42. The Hall–Kier alpha value is -1.07. The molecule has 0 radical (unpaired) electrons. The maximum Gasteiger partial charge on any atom is 0.180 e. The van der Waals surface area contributed by atoms with Crippen LogP contribution in [0.25, 0.3) is 0 Å². The highest BCUT2D eigenvalue weighted by molar-refractivity contribution is 7.91. The molecule has 0 unspecified atom stereocenters. The summed E-state index contributed by atoms with van der Waals surface area (Å²) in [7, 11) is -3.17. The van der Waals surface area contributed by atoms with Gasteiger partial charge < -0.3 is 11.1 Å². The van der Waals surface area contributed by atoms with Gasteiger partial charge >= 0.3 is 0 Å². The molecule has 20 heavy (non-hydrogen) atoms. The number of para-hydroxylation sites is 1. The molecule has 3 N–H and O–H groups in total. The van der Waals surface area contributed by atoms with Crippen LogP contribution in [-0.2, 0) is 9.84 Å². The average molecular weight is 298 g/mol. The molecule has 0 saturated carbocycles. The lowest BCUT2D eigenvalue weighted by Crippen LogP contribution is -2.11. The van der Waals surface area contributed by atoms with Gasteiger partial charge in [0, 0.05) is 6.54 Å². The molecule has 0 spiro atoms. The summed E-state index contributed by atoms with van der Waals surface area (Å²) < 4.78 is 24.3. The van der Waals surface area contributed by atoms with E-state index in [2.05, 4.69) is 5.32 Å². The molecule has 114 valence electrons. The van der Waals surface area contributed by atoms with Crippen molar-refractivity contribution in [3.63, 3.8) is 0 Å². The largest absolute Gasteiger partial charge is 0.384 e. The molecule has 5 heteroatoms. The maximum absolute atomic E-state index is 12.2. The summed E-state index contributed by atoms with van der Waals surface area (Å²) >= 11 is 0. The van der Waals surface area contributed by atoms with Crippen molar-refractivity contribution in [3.8, 4) is 0 Å². The Bertz CT molecular complexity index is 486. The first-order chi connectivity index (χ1) is 9.61. The zero-order valence-electron chi connectivity index (χ0n) is 12.3. The Morgan fingerprint density at radius 2 is 1.80 bits per heavy atom. The summed E-state index contributed by atoms with van der Waals surface area (Å²) in [6.07, 6.45) is 4.97. The van der Waals surface area contributed by atoms with Crippen LogP contribution in [0.5, 0.6) is 0 Å². The molecule has 4 nitrogen and oxygen atoms in total. The zero-order chi connectivity index (χ0) is 14.8. The van der Waals surface area contributed by atoms with Crippen LogP contribution in [0.1, 0.15) is 39.0 Å². The van der Waals surface area contributed by atoms with Crippen molar-refractivity contribution >= 4 is 15.5 Å². The van der Waals surface area contributed by atoms with Crippen LogP contribution in [0.3, 0.4) is 0 Å². The fourth-order valence-electron chi connectivity index (χ4n) is 2.11. The standard InChI is InChI=1S/C15H26N2O2S/c1-2-13-20(18,19)15-10-6-5-9-14(15)17-12-8-4-3-7-11-16/h5-6,9-10,17H,2-4,7-8,11-13,16H2,1H3. The van der Waals surface area contributed by atoms with Gasteiger partial charge in [0.05, 0.1) is 16.3 Å². The minimum absolute atomic E-state index is 0.197. The van der Waals surface area contributed by atoms with Gasteiger partial charge in [0.15, 0.2) is 9.84 Å². The molecule has 0 fully saturated rings. The van der Waals surface area contributed by atoms with E-state index in [-0.39, 0.29) is 5.75 Å². The number of hydrogen-bond acceptors (Lipinski definition) is 4. The van der Waals surface area contributed by atoms with Gasteiger partial charge in [-0.1, -0.05) is 31.9 Å². The Morgan fingerprint density at radius 1 is 1.10 bits per heavy atom. The van der Waals surface area contributed by atoms with Crippen molar-refractivity contribution in [1.29, 1.82) is 0 Å². The van der Waals surface area contributed by atoms with E-state index in [0.717, 1.165) is 44.5 Å². The van der Waals surface area contributed by atoms with Crippen LogP contribution in [0.15, 0.2) is 29.2 Å². The highest BCUT2D eigenvalue weighted by Crippen LogP contribution is 2.22. The van der Waals surface area contributed by atoms with Crippen molar-refractivity contribution in [2.45, 2.75) is 43.9 Å². The lowest BCUT2D eigenvalue weighted by Gasteiger charge is -2.12. The molecule has 0 aliphatic rings. The summed E-state index contributed by atoms with van der Waals surface area (Å²) in [5.41, 5.74) is 6.17. The van der Waals surface area contributed by atoms with Crippen LogP contribution in [0.4, 0.5) is 5.69 Å². The smallest absolute Gasteiger partial charge is 0.180 e. The third-order valence-electron chi connectivity index (χ3n) is 3.14. The van der Waals surface area contributed by atoms with Gasteiger partial charge in [-0.15, -0.1) is 0 Å². The Morgan fingerprint density at radius 3 is 2.50 bits per heavy atom. The second kappa shape index (κ2) is 8.97. The zero-order valence-corrected chi connectivity index (χ0v) is 13.1. The number of rotatable bonds is 10. The molecule has 0 heterocycles. The first kappa shape index (κ1) is 17.0. The normalized spacial score (nSPS) is 11.5. The molecule has 0 aliphatic carbocycles. The van der Waals surface area contributed by atoms with Crippen molar-refractivity contribution in [2.24, 2.45) is 5.73 Å². The highest BCUT2D eigenvalue weighted by atomic mass is 32.2.